The van der Waals surface area contributed by atoms with Gasteiger partial charge in [0.15, 0.2) is 6.10 Å². The average Bonchev–Trinajstić information content (AvgIpc) is 2.88. The third-order valence-electron chi connectivity index (χ3n) is 5.91. The van der Waals surface area contributed by atoms with Gasteiger partial charge < -0.3 is 25.2 Å². The molecule has 0 amide bonds. The van der Waals surface area contributed by atoms with Crippen LogP contribution in [0.15, 0.2) is 0 Å². The zero-order chi connectivity index (χ0) is 28.7. The van der Waals surface area contributed by atoms with E-state index < -0.39 is 51.1 Å². The standard InChI is InChI=1S/C26H50NO10P/c1-3-5-6-7-8-9-10-11-12-13-14-15-16-17-18-25(29)37-22(19-34-24(28)4-2)20-35-38(32,33)36-21-23(27)26(30)31/h22-23H,3-21,27H2,1-2H3,(H,30,31)(H,32,33). The molecule has 0 heterocycles. The molecular weight excluding hydrogens is 517 g/mol. The van der Waals surface area contributed by atoms with Gasteiger partial charge in [0.25, 0.3) is 0 Å². The Labute approximate surface area is 227 Å². The highest BCUT2D eigenvalue weighted by atomic mass is 31.2. The number of phosphoric ester groups is 1. The Balaban J connectivity index is 4.15. The van der Waals surface area contributed by atoms with Crippen molar-refractivity contribution in [3.63, 3.8) is 0 Å². The summed E-state index contributed by atoms with van der Waals surface area (Å²) >= 11 is 0. The van der Waals surface area contributed by atoms with Gasteiger partial charge in [-0.25, -0.2) is 4.57 Å². The SMILES string of the molecule is CCCCCCCCCCCCCCCCC(=O)OC(COC(=O)CC)COP(=O)(O)OCC(N)C(=O)O. The first kappa shape index (κ1) is 36.5. The van der Waals surface area contributed by atoms with E-state index in [4.69, 9.17) is 24.8 Å². The summed E-state index contributed by atoms with van der Waals surface area (Å²) in [6, 6.07) is -1.51. The number of rotatable bonds is 26. The monoisotopic (exact) mass is 567 g/mol. The molecule has 0 saturated heterocycles. The molecule has 0 aromatic heterocycles. The number of hydrogen-bond acceptors (Lipinski definition) is 9. The zero-order valence-electron chi connectivity index (χ0n) is 23.3. The lowest BCUT2D eigenvalue weighted by atomic mass is 10.0. The van der Waals surface area contributed by atoms with E-state index in [1.807, 2.05) is 0 Å². The van der Waals surface area contributed by atoms with Crippen LogP contribution in [0, 0.1) is 0 Å². The molecule has 0 aliphatic heterocycles. The number of carbonyl (C=O) groups is 3. The lowest BCUT2D eigenvalue weighted by Crippen LogP contribution is -2.34. The molecule has 0 fully saturated rings. The molecule has 0 aromatic rings. The van der Waals surface area contributed by atoms with Gasteiger partial charge in [0.2, 0.25) is 0 Å². The van der Waals surface area contributed by atoms with Gasteiger partial charge in [-0.15, -0.1) is 0 Å². The molecule has 224 valence electrons. The van der Waals surface area contributed by atoms with Crippen LogP contribution in [-0.2, 0) is 37.5 Å². The van der Waals surface area contributed by atoms with Gasteiger partial charge in [-0.3, -0.25) is 23.4 Å². The van der Waals surface area contributed by atoms with Crippen LogP contribution in [0.1, 0.15) is 117 Å². The Bertz CT molecular complexity index is 691. The van der Waals surface area contributed by atoms with Gasteiger partial charge in [0.05, 0.1) is 13.2 Å². The Morgan fingerprint density at radius 1 is 0.737 bits per heavy atom. The summed E-state index contributed by atoms with van der Waals surface area (Å²) in [5.41, 5.74) is 5.23. The molecule has 3 unspecified atom stereocenters. The number of nitrogens with two attached hydrogens (primary N) is 1. The highest BCUT2D eigenvalue weighted by Crippen LogP contribution is 2.43. The maximum atomic E-state index is 12.2. The van der Waals surface area contributed by atoms with Crippen molar-refractivity contribution < 1.29 is 47.5 Å². The van der Waals surface area contributed by atoms with Crippen LogP contribution >= 0.6 is 7.82 Å². The smallest absolute Gasteiger partial charge is 0.472 e. The van der Waals surface area contributed by atoms with Crippen LogP contribution in [0.3, 0.4) is 0 Å². The van der Waals surface area contributed by atoms with E-state index in [2.05, 4.69) is 11.4 Å². The number of esters is 2. The fraction of sp³-hybridized carbons (Fsp3) is 0.885. The fourth-order valence-electron chi connectivity index (χ4n) is 3.57. The lowest BCUT2D eigenvalue weighted by molar-refractivity contribution is -0.161. The van der Waals surface area contributed by atoms with E-state index in [1.165, 1.54) is 64.2 Å². The molecule has 0 radical (unpaired) electrons. The van der Waals surface area contributed by atoms with E-state index in [9.17, 15) is 23.8 Å². The molecule has 11 nitrogen and oxygen atoms in total. The molecule has 0 saturated carbocycles. The third-order valence-corrected chi connectivity index (χ3v) is 6.86. The maximum absolute atomic E-state index is 12.2. The van der Waals surface area contributed by atoms with Crippen LogP contribution in [-0.4, -0.2) is 59.9 Å². The van der Waals surface area contributed by atoms with E-state index in [0.29, 0.717) is 6.42 Å². The van der Waals surface area contributed by atoms with Crippen LogP contribution in [0.4, 0.5) is 0 Å². The normalized spacial score (nSPS) is 14.4. The molecular formula is C26H50NO10P. The number of aliphatic carboxylic acids is 1. The largest absolute Gasteiger partial charge is 0.480 e. The predicted molar refractivity (Wildman–Crippen MR) is 143 cm³/mol. The highest BCUT2D eigenvalue weighted by Gasteiger charge is 2.28. The Morgan fingerprint density at radius 3 is 1.68 bits per heavy atom. The molecule has 0 aliphatic carbocycles. The summed E-state index contributed by atoms with van der Waals surface area (Å²) in [6.07, 6.45) is 15.9. The van der Waals surface area contributed by atoms with Gasteiger partial charge in [-0.05, 0) is 6.42 Å². The molecule has 0 aromatic carbocycles. The molecule has 38 heavy (non-hydrogen) atoms. The molecule has 0 rings (SSSR count). The predicted octanol–water partition coefficient (Wildman–Crippen LogP) is 5.27. The average molecular weight is 568 g/mol. The summed E-state index contributed by atoms with van der Waals surface area (Å²) < 4.78 is 31.5. The summed E-state index contributed by atoms with van der Waals surface area (Å²) in [5, 5.41) is 8.72. The van der Waals surface area contributed by atoms with Crippen molar-refractivity contribution in [2.24, 2.45) is 5.73 Å². The summed E-state index contributed by atoms with van der Waals surface area (Å²) in [4.78, 5) is 44.1. The molecule has 0 bridgehead atoms. The van der Waals surface area contributed by atoms with Crippen LogP contribution < -0.4 is 5.73 Å². The van der Waals surface area contributed by atoms with Crippen molar-refractivity contribution in [1.29, 1.82) is 0 Å². The van der Waals surface area contributed by atoms with Crippen LogP contribution in [0.2, 0.25) is 0 Å². The topological polar surface area (TPSA) is 172 Å². The Hall–Kier alpha value is -1.52. The minimum absolute atomic E-state index is 0.106. The fourth-order valence-corrected chi connectivity index (χ4v) is 4.35. The Morgan fingerprint density at radius 2 is 1.21 bits per heavy atom. The van der Waals surface area contributed by atoms with Gasteiger partial charge >= 0.3 is 25.7 Å². The van der Waals surface area contributed by atoms with E-state index >= 15 is 0 Å². The number of carboxylic acids is 1. The lowest BCUT2D eigenvalue weighted by Gasteiger charge is -2.20. The molecule has 4 N–H and O–H groups in total. The van der Waals surface area contributed by atoms with Gasteiger partial charge in [0.1, 0.15) is 12.6 Å². The number of carboxylic acid groups (broad SMARTS) is 1. The minimum atomic E-state index is -4.67. The molecule has 12 heteroatoms. The second-order valence-corrected chi connectivity index (χ2v) is 11.0. The van der Waals surface area contributed by atoms with Crippen molar-refractivity contribution in [1.82, 2.24) is 0 Å². The van der Waals surface area contributed by atoms with Crippen molar-refractivity contribution >= 4 is 25.7 Å². The van der Waals surface area contributed by atoms with Crippen molar-refractivity contribution in [3.8, 4) is 0 Å². The number of carbonyl (C=O) groups excluding carboxylic acids is 2. The van der Waals surface area contributed by atoms with E-state index in [-0.39, 0.29) is 19.4 Å². The summed E-state index contributed by atoms with van der Waals surface area (Å²) in [7, 11) is -4.67. The number of phosphoric acid groups is 1. The van der Waals surface area contributed by atoms with Crippen LogP contribution in [0.25, 0.3) is 0 Å². The van der Waals surface area contributed by atoms with Gasteiger partial charge in [-0.2, -0.15) is 0 Å². The van der Waals surface area contributed by atoms with Crippen molar-refractivity contribution in [2.75, 3.05) is 19.8 Å². The molecule has 0 spiro atoms. The minimum Gasteiger partial charge on any atom is -0.480 e. The number of unbranched alkanes of at least 4 members (excludes halogenated alkanes) is 13. The van der Waals surface area contributed by atoms with E-state index in [1.54, 1.807) is 6.92 Å². The number of hydrogen-bond donors (Lipinski definition) is 3. The Kier molecular flexibility index (Phi) is 22.4. The second kappa shape index (κ2) is 23.4. The van der Waals surface area contributed by atoms with E-state index in [0.717, 1.165) is 19.3 Å². The van der Waals surface area contributed by atoms with Gasteiger partial charge in [0, 0.05) is 12.8 Å². The molecule has 0 aliphatic rings. The number of ether oxygens (including phenoxy) is 2. The zero-order valence-corrected chi connectivity index (χ0v) is 24.2. The van der Waals surface area contributed by atoms with Gasteiger partial charge in [-0.1, -0.05) is 97.3 Å². The van der Waals surface area contributed by atoms with Crippen molar-refractivity contribution in [3.05, 3.63) is 0 Å². The second-order valence-electron chi connectivity index (χ2n) is 9.50. The van der Waals surface area contributed by atoms with Crippen LogP contribution in [0.5, 0.6) is 0 Å². The first-order valence-electron chi connectivity index (χ1n) is 14.1. The summed E-state index contributed by atoms with van der Waals surface area (Å²) in [5.74, 6) is -2.48. The maximum Gasteiger partial charge on any atom is 0.472 e. The third kappa shape index (κ3) is 22.5. The summed E-state index contributed by atoms with van der Waals surface area (Å²) in [6.45, 7) is 2.13. The first-order chi connectivity index (χ1) is 18.1. The first-order valence-corrected chi connectivity index (χ1v) is 15.6. The highest BCUT2D eigenvalue weighted by molar-refractivity contribution is 7.47. The van der Waals surface area contributed by atoms with Crippen molar-refractivity contribution in [2.45, 2.75) is 129 Å². The molecule has 3 atom stereocenters. The quantitative estimate of drug-likeness (QED) is 0.0706.